The van der Waals surface area contributed by atoms with Crippen molar-refractivity contribution in [3.8, 4) is 11.3 Å². The lowest BCUT2D eigenvalue weighted by Gasteiger charge is -2.13. The van der Waals surface area contributed by atoms with Crippen molar-refractivity contribution in [3.63, 3.8) is 0 Å². The van der Waals surface area contributed by atoms with Gasteiger partial charge in [0.05, 0.1) is 19.1 Å². The highest BCUT2D eigenvalue weighted by atomic mass is 32.1. The quantitative estimate of drug-likeness (QED) is 0.685. The second-order valence-electron chi connectivity index (χ2n) is 4.77. The van der Waals surface area contributed by atoms with Crippen LogP contribution < -0.4 is 0 Å². The molecule has 2 rings (SSSR count). The van der Waals surface area contributed by atoms with Gasteiger partial charge in [0.2, 0.25) is 0 Å². The number of hydrogen-bond donors (Lipinski definition) is 1. The van der Waals surface area contributed by atoms with Crippen LogP contribution in [0.2, 0.25) is 0 Å². The summed E-state index contributed by atoms with van der Waals surface area (Å²) in [4.78, 5) is 19.8. The van der Waals surface area contributed by atoms with Crippen molar-refractivity contribution in [2.24, 2.45) is 0 Å². The zero-order chi connectivity index (χ0) is 14.9. The number of methoxy groups -OCH3 is 1. The Morgan fingerprint density at radius 1 is 1.50 bits per heavy atom. The number of nitrogens with zero attached hydrogens (tertiary/aromatic N) is 1. The Labute approximate surface area is 126 Å². The Bertz CT molecular complexity index is 701. The average Bonchev–Trinajstić information content (AvgIpc) is 2.78. The van der Waals surface area contributed by atoms with Gasteiger partial charge in [-0.3, -0.25) is 0 Å². The first-order valence-electron chi connectivity index (χ1n) is 6.21. The first-order valence-corrected chi connectivity index (χ1v) is 7.50. The molecule has 0 amide bonds. The van der Waals surface area contributed by atoms with Crippen LogP contribution in [0, 0.1) is 11.6 Å². The molecule has 0 atom stereocenters. The minimum Gasteiger partial charge on any atom is -0.465 e. The summed E-state index contributed by atoms with van der Waals surface area (Å²) < 4.78 is 5.42. The summed E-state index contributed by atoms with van der Waals surface area (Å²) >= 11 is 6.71. The first kappa shape index (κ1) is 14.9. The van der Waals surface area contributed by atoms with Crippen molar-refractivity contribution >= 4 is 29.5 Å². The largest absolute Gasteiger partial charge is 0.465 e. The lowest BCUT2D eigenvalue weighted by Crippen LogP contribution is -2.04. The molecule has 20 heavy (non-hydrogen) atoms. The molecule has 106 valence electrons. The van der Waals surface area contributed by atoms with Gasteiger partial charge in [0, 0.05) is 11.1 Å². The molecule has 0 fully saturated rings. The van der Waals surface area contributed by atoms with Crippen LogP contribution in [0.3, 0.4) is 0 Å². The molecule has 0 spiro atoms. The summed E-state index contributed by atoms with van der Waals surface area (Å²) in [7, 11) is 1.39. The van der Waals surface area contributed by atoms with Gasteiger partial charge in [-0.1, -0.05) is 26.1 Å². The monoisotopic (exact) mass is 308 g/mol. The normalized spacial score (nSPS) is 10.8. The molecule has 1 N–H and O–H groups in total. The number of nitrogens with one attached hydrogen (secondary N) is 1. The molecule has 0 saturated heterocycles. The Hall–Kier alpha value is -1.53. The lowest BCUT2D eigenvalue weighted by atomic mass is 9.97. The molecule has 2 aromatic heterocycles. The molecule has 0 aromatic carbocycles. The minimum absolute atomic E-state index is 0.215. The van der Waals surface area contributed by atoms with Crippen LogP contribution >= 0.6 is 23.6 Å². The van der Waals surface area contributed by atoms with Crippen molar-refractivity contribution in [2.45, 2.75) is 26.7 Å². The van der Waals surface area contributed by atoms with Gasteiger partial charge in [-0.2, -0.15) is 0 Å². The van der Waals surface area contributed by atoms with E-state index in [2.05, 4.69) is 23.8 Å². The molecule has 6 heteroatoms. The third-order valence-electron chi connectivity index (χ3n) is 3.06. The van der Waals surface area contributed by atoms with Crippen LogP contribution in [-0.4, -0.2) is 23.0 Å². The number of hydrogen-bond acceptors (Lipinski definition) is 5. The number of carbonyl (C=O) groups excluding carboxylic acids is 1. The highest BCUT2D eigenvalue weighted by Crippen LogP contribution is 2.36. The second-order valence-corrected chi connectivity index (χ2v) is 6.03. The van der Waals surface area contributed by atoms with E-state index in [0.717, 1.165) is 22.4 Å². The summed E-state index contributed by atoms with van der Waals surface area (Å²) in [6.07, 6.45) is 1.57. The average molecular weight is 308 g/mol. The number of rotatable bonds is 3. The van der Waals surface area contributed by atoms with Gasteiger partial charge in [-0.25, -0.2) is 9.78 Å². The molecule has 2 heterocycles. The predicted molar refractivity (Wildman–Crippen MR) is 82.9 cm³/mol. The van der Waals surface area contributed by atoms with E-state index >= 15 is 0 Å². The van der Waals surface area contributed by atoms with E-state index in [1.54, 1.807) is 6.33 Å². The van der Waals surface area contributed by atoms with Gasteiger partial charge in [0.1, 0.15) is 9.52 Å². The van der Waals surface area contributed by atoms with E-state index in [1.165, 1.54) is 18.4 Å². The standard InChI is InChI=1S/C14H16N2O2S2/c1-7(2)9-11(15-6-16-13(9)19)10-8(3)5-20-12(10)14(17)18-4/h5-7H,1-4H3,(H,15,16,19). The minimum atomic E-state index is -0.330. The maximum Gasteiger partial charge on any atom is 0.348 e. The van der Waals surface area contributed by atoms with E-state index < -0.39 is 0 Å². The van der Waals surface area contributed by atoms with Crippen LogP contribution in [0.15, 0.2) is 11.7 Å². The fraction of sp³-hybridized carbons (Fsp3) is 0.357. The first-order chi connectivity index (χ1) is 9.47. The zero-order valence-electron chi connectivity index (χ0n) is 11.8. The molecule has 0 aliphatic rings. The highest BCUT2D eigenvalue weighted by molar-refractivity contribution is 7.71. The molecule has 0 saturated carbocycles. The van der Waals surface area contributed by atoms with Gasteiger partial charge in [-0.05, 0) is 23.8 Å². The number of aromatic nitrogens is 2. The topological polar surface area (TPSA) is 55.0 Å². The third kappa shape index (κ3) is 2.53. The van der Waals surface area contributed by atoms with Crippen molar-refractivity contribution in [1.82, 2.24) is 9.97 Å². The summed E-state index contributed by atoms with van der Waals surface area (Å²) in [5.74, 6) is -0.115. The summed E-state index contributed by atoms with van der Waals surface area (Å²) in [5.41, 5.74) is 3.70. The Kier molecular flexibility index (Phi) is 4.35. The van der Waals surface area contributed by atoms with E-state index in [4.69, 9.17) is 17.0 Å². The van der Waals surface area contributed by atoms with Crippen molar-refractivity contribution in [1.29, 1.82) is 0 Å². The fourth-order valence-corrected chi connectivity index (χ4v) is 3.51. The van der Waals surface area contributed by atoms with Crippen molar-refractivity contribution in [2.75, 3.05) is 7.11 Å². The summed E-state index contributed by atoms with van der Waals surface area (Å²) in [5, 5.41) is 1.95. The second kappa shape index (κ2) is 5.85. The molecule has 0 aliphatic heterocycles. The van der Waals surface area contributed by atoms with E-state index in [9.17, 15) is 4.79 Å². The number of ether oxygens (including phenoxy) is 1. The molecule has 4 nitrogen and oxygen atoms in total. The van der Waals surface area contributed by atoms with Crippen LogP contribution in [0.5, 0.6) is 0 Å². The van der Waals surface area contributed by atoms with Crippen molar-refractivity contribution < 1.29 is 9.53 Å². The van der Waals surface area contributed by atoms with Gasteiger partial charge in [-0.15, -0.1) is 11.3 Å². The maximum absolute atomic E-state index is 11.9. The van der Waals surface area contributed by atoms with E-state index in [0.29, 0.717) is 9.52 Å². The summed E-state index contributed by atoms with van der Waals surface area (Å²) in [6, 6.07) is 0. The van der Waals surface area contributed by atoms with Crippen LogP contribution in [-0.2, 0) is 4.74 Å². The number of thiophene rings is 1. The molecule has 0 radical (unpaired) electrons. The number of aromatic amines is 1. The Morgan fingerprint density at radius 3 is 2.80 bits per heavy atom. The molecule has 0 bridgehead atoms. The Balaban J connectivity index is 2.76. The van der Waals surface area contributed by atoms with E-state index in [1.807, 2.05) is 12.3 Å². The smallest absolute Gasteiger partial charge is 0.348 e. The van der Waals surface area contributed by atoms with Gasteiger partial charge in [0.25, 0.3) is 0 Å². The third-order valence-corrected chi connectivity index (χ3v) is 4.47. The zero-order valence-corrected chi connectivity index (χ0v) is 13.4. The molecular weight excluding hydrogens is 292 g/mol. The fourth-order valence-electron chi connectivity index (χ4n) is 2.15. The molecule has 2 aromatic rings. The number of carbonyl (C=O) groups is 1. The van der Waals surface area contributed by atoms with Gasteiger partial charge >= 0.3 is 5.97 Å². The van der Waals surface area contributed by atoms with E-state index in [-0.39, 0.29) is 11.9 Å². The molecule has 0 unspecified atom stereocenters. The van der Waals surface area contributed by atoms with Crippen molar-refractivity contribution in [3.05, 3.63) is 32.4 Å². The summed E-state index contributed by atoms with van der Waals surface area (Å²) in [6.45, 7) is 6.09. The van der Waals surface area contributed by atoms with Crippen LogP contribution in [0.4, 0.5) is 0 Å². The predicted octanol–water partition coefficient (Wildman–Crippen LogP) is 4.09. The molecular formula is C14H16N2O2S2. The Morgan fingerprint density at radius 2 is 2.20 bits per heavy atom. The maximum atomic E-state index is 11.9. The highest BCUT2D eigenvalue weighted by Gasteiger charge is 2.22. The SMILES string of the molecule is COC(=O)c1scc(C)c1-c1[nH]cnc(=S)c1C(C)C. The van der Waals surface area contributed by atoms with Gasteiger partial charge in [0.15, 0.2) is 0 Å². The molecule has 0 aliphatic carbocycles. The van der Waals surface area contributed by atoms with Crippen LogP contribution in [0.1, 0.15) is 40.6 Å². The number of esters is 1. The lowest BCUT2D eigenvalue weighted by molar-refractivity contribution is 0.0607. The number of H-pyrrole nitrogens is 1. The number of aryl methyl sites for hydroxylation is 1. The van der Waals surface area contributed by atoms with Gasteiger partial charge < -0.3 is 9.72 Å². The van der Waals surface area contributed by atoms with Crippen LogP contribution in [0.25, 0.3) is 11.3 Å².